The molecule has 0 unspecified atom stereocenters. The van der Waals surface area contributed by atoms with Crippen LogP contribution in [0.15, 0.2) is 42.5 Å². The Morgan fingerprint density at radius 1 is 1.22 bits per heavy atom. The van der Waals surface area contributed by atoms with Gasteiger partial charge in [0.1, 0.15) is 11.6 Å². The van der Waals surface area contributed by atoms with Crippen LogP contribution >= 0.6 is 0 Å². The van der Waals surface area contributed by atoms with Crippen LogP contribution < -0.4 is 10.1 Å². The lowest BCUT2D eigenvalue weighted by Crippen LogP contribution is -2.20. The maximum absolute atomic E-state index is 12.0. The molecule has 2 N–H and O–H groups in total. The van der Waals surface area contributed by atoms with Gasteiger partial charge in [0.2, 0.25) is 0 Å². The van der Waals surface area contributed by atoms with Crippen LogP contribution in [0.4, 0.5) is 5.69 Å². The molecule has 23 heavy (non-hydrogen) atoms. The van der Waals surface area contributed by atoms with E-state index in [4.69, 9.17) is 4.74 Å². The minimum atomic E-state index is -0.194. The van der Waals surface area contributed by atoms with Gasteiger partial charge in [-0.2, -0.15) is 0 Å². The lowest BCUT2D eigenvalue weighted by atomic mass is 10.2. The molecule has 5 nitrogen and oxygen atoms in total. The number of ether oxygens (including phenoxy) is 1. The predicted molar refractivity (Wildman–Crippen MR) is 90.8 cm³/mol. The summed E-state index contributed by atoms with van der Waals surface area (Å²) in [5.74, 6) is 1.42. The molecular weight excluding hydrogens is 290 g/mol. The van der Waals surface area contributed by atoms with Crippen molar-refractivity contribution in [1.82, 2.24) is 9.97 Å². The van der Waals surface area contributed by atoms with Crippen LogP contribution in [0.1, 0.15) is 18.3 Å². The topological polar surface area (TPSA) is 67.0 Å². The number of aromatic nitrogens is 2. The first-order valence-corrected chi connectivity index (χ1v) is 7.62. The molecule has 1 aromatic heterocycles. The van der Waals surface area contributed by atoms with Gasteiger partial charge in [-0.05, 0) is 37.3 Å². The van der Waals surface area contributed by atoms with Gasteiger partial charge in [-0.3, -0.25) is 4.79 Å². The fourth-order valence-corrected chi connectivity index (χ4v) is 2.29. The van der Waals surface area contributed by atoms with Crippen molar-refractivity contribution in [2.45, 2.75) is 20.3 Å². The van der Waals surface area contributed by atoms with Crippen LogP contribution in [-0.2, 0) is 11.2 Å². The summed E-state index contributed by atoms with van der Waals surface area (Å²) in [4.78, 5) is 19.7. The maximum Gasteiger partial charge on any atom is 0.262 e. The molecule has 0 saturated heterocycles. The van der Waals surface area contributed by atoms with E-state index in [0.717, 1.165) is 34.5 Å². The standard InChI is InChI=1S/C18H19N3O2/c1-3-17-20-15-9-6-13(10-16(15)21-17)19-18(22)11-23-14-7-4-12(2)5-8-14/h4-10H,3,11H2,1-2H3,(H,19,22)(H,20,21). The molecule has 1 heterocycles. The van der Waals surface area contributed by atoms with Crippen LogP contribution in [0.25, 0.3) is 11.0 Å². The molecule has 118 valence electrons. The molecule has 3 rings (SSSR count). The number of imidazole rings is 1. The first-order valence-electron chi connectivity index (χ1n) is 7.62. The molecule has 0 saturated carbocycles. The van der Waals surface area contributed by atoms with Crippen LogP contribution in [0, 0.1) is 6.92 Å². The molecule has 0 aliphatic heterocycles. The first-order chi connectivity index (χ1) is 11.1. The fourth-order valence-electron chi connectivity index (χ4n) is 2.29. The molecule has 3 aromatic rings. The van der Waals surface area contributed by atoms with E-state index < -0.39 is 0 Å². The van der Waals surface area contributed by atoms with Crippen molar-refractivity contribution in [3.8, 4) is 5.75 Å². The smallest absolute Gasteiger partial charge is 0.262 e. The summed E-state index contributed by atoms with van der Waals surface area (Å²) in [5, 5.41) is 2.83. The lowest BCUT2D eigenvalue weighted by Gasteiger charge is -2.07. The number of H-pyrrole nitrogens is 1. The molecule has 0 fully saturated rings. The van der Waals surface area contributed by atoms with E-state index in [2.05, 4.69) is 15.3 Å². The number of carbonyl (C=O) groups is 1. The van der Waals surface area contributed by atoms with Crippen molar-refractivity contribution in [3.05, 3.63) is 53.9 Å². The van der Waals surface area contributed by atoms with Gasteiger partial charge in [0.25, 0.3) is 5.91 Å². The second kappa shape index (κ2) is 6.52. The highest BCUT2D eigenvalue weighted by molar-refractivity contribution is 5.94. The van der Waals surface area contributed by atoms with E-state index in [9.17, 15) is 4.79 Å². The number of aromatic amines is 1. The average Bonchev–Trinajstić information content (AvgIpc) is 2.97. The molecule has 2 aromatic carbocycles. The summed E-state index contributed by atoms with van der Waals surface area (Å²) in [5.41, 5.74) is 3.69. The molecule has 0 spiro atoms. The molecule has 0 aliphatic carbocycles. The monoisotopic (exact) mass is 309 g/mol. The van der Waals surface area contributed by atoms with Crippen LogP contribution in [-0.4, -0.2) is 22.5 Å². The Balaban J connectivity index is 1.61. The zero-order valence-corrected chi connectivity index (χ0v) is 13.2. The summed E-state index contributed by atoms with van der Waals surface area (Å²) >= 11 is 0. The largest absolute Gasteiger partial charge is 0.484 e. The molecule has 0 radical (unpaired) electrons. The van der Waals surface area contributed by atoms with E-state index in [1.54, 1.807) is 0 Å². The third kappa shape index (κ3) is 3.69. The maximum atomic E-state index is 12.0. The van der Waals surface area contributed by atoms with Crippen LogP contribution in [0.5, 0.6) is 5.75 Å². The van der Waals surface area contributed by atoms with Gasteiger partial charge in [-0.1, -0.05) is 24.6 Å². The predicted octanol–water partition coefficient (Wildman–Crippen LogP) is 3.45. The van der Waals surface area contributed by atoms with Crippen molar-refractivity contribution >= 4 is 22.6 Å². The highest BCUT2D eigenvalue weighted by Gasteiger charge is 2.06. The van der Waals surface area contributed by atoms with Gasteiger partial charge in [0, 0.05) is 12.1 Å². The molecule has 0 aliphatic rings. The van der Waals surface area contributed by atoms with Crippen molar-refractivity contribution in [3.63, 3.8) is 0 Å². The van der Waals surface area contributed by atoms with Crippen molar-refractivity contribution in [1.29, 1.82) is 0 Å². The zero-order chi connectivity index (χ0) is 16.2. The molecule has 0 atom stereocenters. The van der Waals surface area contributed by atoms with Crippen molar-refractivity contribution in [2.75, 3.05) is 11.9 Å². The second-order valence-electron chi connectivity index (χ2n) is 5.42. The van der Waals surface area contributed by atoms with E-state index in [1.807, 2.05) is 56.3 Å². The van der Waals surface area contributed by atoms with Crippen molar-refractivity contribution in [2.24, 2.45) is 0 Å². The number of hydrogen-bond donors (Lipinski definition) is 2. The Hall–Kier alpha value is -2.82. The number of carbonyl (C=O) groups excluding carboxylic acids is 1. The Labute approximate surface area is 134 Å². The molecule has 1 amide bonds. The zero-order valence-electron chi connectivity index (χ0n) is 13.2. The molecular formula is C18H19N3O2. The lowest BCUT2D eigenvalue weighted by molar-refractivity contribution is -0.118. The summed E-state index contributed by atoms with van der Waals surface area (Å²) in [6.45, 7) is 4.03. The van der Waals surface area contributed by atoms with Gasteiger partial charge in [0.15, 0.2) is 6.61 Å². The van der Waals surface area contributed by atoms with E-state index >= 15 is 0 Å². The Kier molecular flexibility index (Phi) is 4.28. The third-order valence-corrected chi connectivity index (χ3v) is 3.54. The minimum Gasteiger partial charge on any atom is -0.484 e. The number of anilines is 1. The summed E-state index contributed by atoms with van der Waals surface area (Å²) in [7, 11) is 0. The number of amides is 1. The van der Waals surface area contributed by atoms with Crippen LogP contribution in [0.2, 0.25) is 0 Å². The van der Waals surface area contributed by atoms with E-state index in [0.29, 0.717) is 5.75 Å². The highest BCUT2D eigenvalue weighted by Crippen LogP contribution is 2.18. The number of benzene rings is 2. The van der Waals surface area contributed by atoms with Gasteiger partial charge in [-0.15, -0.1) is 0 Å². The Morgan fingerprint density at radius 2 is 2.00 bits per heavy atom. The quantitative estimate of drug-likeness (QED) is 0.758. The second-order valence-corrected chi connectivity index (χ2v) is 5.42. The number of fused-ring (bicyclic) bond motifs is 1. The SMILES string of the molecule is CCc1nc2ccc(NC(=O)COc3ccc(C)cc3)cc2[nH]1. The number of rotatable bonds is 5. The van der Waals surface area contributed by atoms with E-state index in [1.165, 1.54) is 0 Å². The van der Waals surface area contributed by atoms with Gasteiger partial charge >= 0.3 is 0 Å². The normalized spacial score (nSPS) is 10.7. The molecule has 0 bridgehead atoms. The number of nitrogens with zero attached hydrogens (tertiary/aromatic N) is 1. The third-order valence-electron chi connectivity index (χ3n) is 3.54. The number of aryl methyl sites for hydroxylation is 2. The first kappa shape index (κ1) is 15.1. The van der Waals surface area contributed by atoms with Gasteiger partial charge in [0.05, 0.1) is 11.0 Å². The summed E-state index contributed by atoms with van der Waals surface area (Å²) in [6.07, 6.45) is 0.848. The Bertz CT molecular complexity index is 822. The van der Waals surface area contributed by atoms with Crippen LogP contribution in [0.3, 0.4) is 0 Å². The van der Waals surface area contributed by atoms with Gasteiger partial charge in [-0.25, -0.2) is 4.98 Å². The Morgan fingerprint density at radius 3 is 2.74 bits per heavy atom. The average molecular weight is 309 g/mol. The summed E-state index contributed by atoms with van der Waals surface area (Å²) in [6, 6.07) is 13.2. The number of hydrogen-bond acceptors (Lipinski definition) is 3. The molecule has 5 heteroatoms. The highest BCUT2D eigenvalue weighted by atomic mass is 16.5. The fraction of sp³-hybridized carbons (Fsp3) is 0.222. The summed E-state index contributed by atoms with van der Waals surface area (Å²) < 4.78 is 5.47. The van der Waals surface area contributed by atoms with Gasteiger partial charge < -0.3 is 15.0 Å². The van der Waals surface area contributed by atoms with Crippen molar-refractivity contribution < 1.29 is 9.53 Å². The number of nitrogens with one attached hydrogen (secondary N) is 2. The van der Waals surface area contributed by atoms with E-state index in [-0.39, 0.29) is 12.5 Å². The minimum absolute atomic E-state index is 0.0235.